The maximum Gasteiger partial charge on any atom is 0.246 e. The van der Waals surface area contributed by atoms with Crippen LogP contribution in [-0.4, -0.2) is 46.2 Å². The average Bonchev–Trinajstić information content (AvgIpc) is 2.89. The summed E-state index contributed by atoms with van der Waals surface area (Å²) in [6.07, 6.45) is 5.94. The van der Waals surface area contributed by atoms with E-state index in [0.717, 1.165) is 5.56 Å². The third-order valence-electron chi connectivity index (χ3n) is 2.80. The zero-order valence-electron chi connectivity index (χ0n) is 11.0. The van der Waals surface area contributed by atoms with Gasteiger partial charge in [0, 0.05) is 32.2 Å². The lowest BCUT2D eigenvalue weighted by atomic mass is 10.3. The lowest BCUT2D eigenvalue weighted by Gasteiger charge is -2.15. The molecule has 0 atom stereocenters. The van der Waals surface area contributed by atoms with Crippen LogP contribution in [0.25, 0.3) is 0 Å². The third-order valence-corrected chi connectivity index (χ3v) is 4.56. The molecule has 0 aliphatic carbocycles. The molecular formula is C12H16N4O3S. The van der Waals surface area contributed by atoms with Gasteiger partial charge in [0.1, 0.15) is 4.90 Å². The minimum atomic E-state index is -3.59. The zero-order chi connectivity index (χ0) is 14.6. The highest BCUT2D eigenvalue weighted by Crippen LogP contribution is 2.15. The monoisotopic (exact) mass is 296 g/mol. The van der Waals surface area contributed by atoms with E-state index in [1.54, 1.807) is 24.5 Å². The van der Waals surface area contributed by atoms with E-state index < -0.39 is 10.0 Å². The van der Waals surface area contributed by atoms with Crippen LogP contribution in [-0.2, 0) is 23.1 Å². The minimum Gasteiger partial charge on any atom is -0.394 e. The number of aliphatic hydroxyl groups excluding tert-OH is 1. The molecule has 0 saturated heterocycles. The van der Waals surface area contributed by atoms with Crippen molar-refractivity contribution in [3.63, 3.8) is 0 Å². The van der Waals surface area contributed by atoms with E-state index in [4.69, 9.17) is 5.11 Å². The summed E-state index contributed by atoms with van der Waals surface area (Å²) in [5.74, 6) is 0. The van der Waals surface area contributed by atoms with Crippen LogP contribution in [0, 0.1) is 0 Å². The number of hydrogen-bond donors (Lipinski definition) is 1. The van der Waals surface area contributed by atoms with Crippen molar-refractivity contribution in [2.24, 2.45) is 0 Å². The van der Waals surface area contributed by atoms with Crippen LogP contribution in [0.3, 0.4) is 0 Å². The maximum absolute atomic E-state index is 12.3. The van der Waals surface area contributed by atoms with Crippen LogP contribution in [0.5, 0.6) is 0 Å². The summed E-state index contributed by atoms with van der Waals surface area (Å²) < 4.78 is 27.3. The van der Waals surface area contributed by atoms with Crippen molar-refractivity contribution in [1.82, 2.24) is 19.1 Å². The standard InChI is InChI=1S/C12H16N4O3S/c1-15(9-11-2-4-13-5-3-11)20(18,19)12-8-14-16(10-12)6-7-17/h2-5,8,10,17H,6-7,9H2,1H3. The highest BCUT2D eigenvalue weighted by atomic mass is 32.2. The van der Waals surface area contributed by atoms with Crippen LogP contribution in [0.4, 0.5) is 0 Å². The Morgan fingerprint density at radius 3 is 2.70 bits per heavy atom. The van der Waals surface area contributed by atoms with Gasteiger partial charge in [0.25, 0.3) is 0 Å². The summed E-state index contributed by atoms with van der Waals surface area (Å²) in [7, 11) is -2.07. The van der Waals surface area contributed by atoms with Gasteiger partial charge in [-0.15, -0.1) is 0 Å². The van der Waals surface area contributed by atoms with Gasteiger partial charge in [0.2, 0.25) is 10.0 Å². The maximum atomic E-state index is 12.3. The number of sulfonamides is 1. The van der Waals surface area contributed by atoms with Crippen LogP contribution < -0.4 is 0 Å². The number of aliphatic hydroxyl groups is 1. The van der Waals surface area contributed by atoms with Gasteiger partial charge >= 0.3 is 0 Å². The molecule has 2 rings (SSSR count). The number of rotatable bonds is 6. The number of pyridine rings is 1. The molecule has 20 heavy (non-hydrogen) atoms. The largest absolute Gasteiger partial charge is 0.394 e. The molecule has 0 bridgehead atoms. The van der Waals surface area contributed by atoms with Gasteiger partial charge in [-0.25, -0.2) is 8.42 Å². The molecule has 0 unspecified atom stereocenters. The van der Waals surface area contributed by atoms with Crippen molar-refractivity contribution in [3.05, 3.63) is 42.5 Å². The SMILES string of the molecule is CN(Cc1ccncc1)S(=O)(=O)c1cnn(CCO)c1. The van der Waals surface area contributed by atoms with Crippen molar-refractivity contribution < 1.29 is 13.5 Å². The fourth-order valence-electron chi connectivity index (χ4n) is 1.71. The molecule has 0 radical (unpaired) electrons. The lowest BCUT2D eigenvalue weighted by molar-refractivity contribution is 0.269. The number of nitrogens with zero attached hydrogens (tertiary/aromatic N) is 4. The Morgan fingerprint density at radius 2 is 2.05 bits per heavy atom. The van der Waals surface area contributed by atoms with E-state index in [9.17, 15) is 8.42 Å². The Hall–Kier alpha value is -1.77. The molecule has 0 saturated carbocycles. The first kappa shape index (κ1) is 14.6. The van der Waals surface area contributed by atoms with Crippen LogP contribution in [0.2, 0.25) is 0 Å². The Balaban J connectivity index is 2.16. The lowest BCUT2D eigenvalue weighted by Crippen LogP contribution is -2.26. The predicted molar refractivity (Wildman–Crippen MR) is 72.2 cm³/mol. The second-order valence-corrected chi connectivity index (χ2v) is 6.32. The Bertz CT molecular complexity index is 654. The van der Waals surface area contributed by atoms with E-state index in [-0.39, 0.29) is 24.6 Å². The van der Waals surface area contributed by atoms with Crippen molar-refractivity contribution in [1.29, 1.82) is 0 Å². The fourth-order valence-corrected chi connectivity index (χ4v) is 2.83. The van der Waals surface area contributed by atoms with Gasteiger partial charge in [0.05, 0.1) is 19.3 Å². The van der Waals surface area contributed by atoms with Crippen molar-refractivity contribution >= 4 is 10.0 Å². The smallest absolute Gasteiger partial charge is 0.246 e. The summed E-state index contributed by atoms with van der Waals surface area (Å²) in [6.45, 7) is 0.438. The highest BCUT2D eigenvalue weighted by Gasteiger charge is 2.22. The topological polar surface area (TPSA) is 88.3 Å². The molecule has 2 aromatic heterocycles. The van der Waals surface area contributed by atoms with Gasteiger partial charge < -0.3 is 5.11 Å². The summed E-state index contributed by atoms with van der Waals surface area (Å²) in [6, 6.07) is 3.53. The van der Waals surface area contributed by atoms with E-state index in [1.807, 2.05) is 0 Å². The Morgan fingerprint density at radius 1 is 1.35 bits per heavy atom. The van der Waals surface area contributed by atoms with E-state index in [0.29, 0.717) is 0 Å². The van der Waals surface area contributed by atoms with E-state index >= 15 is 0 Å². The van der Waals surface area contributed by atoms with E-state index in [1.165, 1.54) is 28.4 Å². The molecule has 7 nitrogen and oxygen atoms in total. The third kappa shape index (κ3) is 3.21. The van der Waals surface area contributed by atoms with Gasteiger partial charge in [-0.1, -0.05) is 0 Å². The number of aromatic nitrogens is 3. The Labute approximate surface area is 117 Å². The van der Waals surface area contributed by atoms with Crippen molar-refractivity contribution in [2.75, 3.05) is 13.7 Å². The van der Waals surface area contributed by atoms with Gasteiger partial charge in [-0.3, -0.25) is 9.67 Å². The van der Waals surface area contributed by atoms with Crippen LogP contribution in [0.1, 0.15) is 5.56 Å². The molecule has 8 heteroatoms. The van der Waals surface area contributed by atoms with Crippen molar-refractivity contribution in [3.8, 4) is 0 Å². The van der Waals surface area contributed by atoms with Crippen molar-refractivity contribution in [2.45, 2.75) is 18.0 Å². The van der Waals surface area contributed by atoms with Gasteiger partial charge in [-0.2, -0.15) is 9.40 Å². The second-order valence-electron chi connectivity index (χ2n) is 4.28. The molecule has 2 aromatic rings. The van der Waals surface area contributed by atoms with Crippen LogP contribution >= 0.6 is 0 Å². The molecule has 0 aliphatic rings. The summed E-state index contributed by atoms with van der Waals surface area (Å²) in [5.41, 5.74) is 0.855. The molecular weight excluding hydrogens is 280 g/mol. The summed E-state index contributed by atoms with van der Waals surface area (Å²) in [4.78, 5) is 4.01. The molecule has 0 fully saturated rings. The molecule has 1 N–H and O–H groups in total. The summed E-state index contributed by atoms with van der Waals surface area (Å²) in [5, 5.41) is 12.7. The molecule has 0 amide bonds. The molecule has 2 heterocycles. The fraction of sp³-hybridized carbons (Fsp3) is 0.333. The quantitative estimate of drug-likeness (QED) is 0.816. The number of hydrogen-bond acceptors (Lipinski definition) is 5. The first-order valence-electron chi connectivity index (χ1n) is 6.02. The molecule has 108 valence electrons. The normalized spacial score (nSPS) is 11.9. The average molecular weight is 296 g/mol. The second kappa shape index (κ2) is 6.12. The molecule has 0 aromatic carbocycles. The first-order chi connectivity index (χ1) is 9.54. The van der Waals surface area contributed by atoms with Gasteiger partial charge in [0.15, 0.2) is 0 Å². The highest BCUT2D eigenvalue weighted by molar-refractivity contribution is 7.89. The first-order valence-corrected chi connectivity index (χ1v) is 7.46. The molecule has 0 aliphatic heterocycles. The molecule has 0 spiro atoms. The minimum absolute atomic E-state index is 0.0893. The van der Waals surface area contributed by atoms with E-state index in [2.05, 4.69) is 10.1 Å². The summed E-state index contributed by atoms with van der Waals surface area (Å²) >= 11 is 0. The predicted octanol–water partition coefficient (Wildman–Crippen LogP) is 0.0911. The zero-order valence-corrected chi connectivity index (χ0v) is 11.9. The van der Waals surface area contributed by atoms with Crippen LogP contribution in [0.15, 0.2) is 41.8 Å². The Kier molecular flexibility index (Phi) is 4.48. The van der Waals surface area contributed by atoms with Gasteiger partial charge in [-0.05, 0) is 17.7 Å².